The Bertz CT molecular complexity index is 569. The van der Waals surface area contributed by atoms with Crippen LogP contribution in [0.4, 0.5) is 8.78 Å². The number of thiocarbonyl (C=S) groups is 1. The number of hydrogen-bond donors (Lipinski definition) is 2. The highest BCUT2D eigenvalue weighted by atomic mass is 32.1. The maximum Gasteiger partial charge on any atom is 0.387 e. The Morgan fingerprint density at radius 3 is 2.88 bits per heavy atom. The molecule has 1 saturated heterocycles. The van der Waals surface area contributed by atoms with Crippen molar-refractivity contribution >= 4 is 23.5 Å². The number of hydrogen-bond acceptors (Lipinski definition) is 5. The summed E-state index contributed by atoms with van der Waals surface area (Å²) in [5.74, 6) is 0.0624. The fourth-order valence-corrected chi connectivity index (χ4v) is 2.47. The fraction of sp³-hybridized carbons (Fsp3) is 0.500. The summed E-state index contributed by atoms with van der Waals surface area (Å²) in [7, 11) is 0. The summed E-state index contributed by atoms with van der Waals surface area (Å²) < 4.78 is 34.4. The summed E-state index contributed by atoms with van der Waals surface area (Å²) >= 11 is 5.12. The highest BCUT2D eigenvalue weighted by Gasteiger charge is 2.09. The van der Waals surface area contributed by atoms with Gasteiger partial charge in [-0.05, 0) is 37.3 Å². The molecule has 1 fully saturated rings. The minimum absolute atomic E-state index is 0.0624. The largest absolute Gasteiger partial charge is 0.434 e. The van der Waals surface area contributed by atoms with Crippen LogP contribution in [-0.4, -0.2) is 62.2 Å². The molecule has 0 aromatic heterocycles. The molecule has 0 atom stereocenters. The third-order valence-corrected chi connectivity index (χ3v) is 3.78. The molecule has 138 valence electrons. The fourth-order valence-electron chi connectivity index (χ4n) is 2.32. The van der Waals surface area contributed by atoms with Gasteiger partial charge in [0.25, 0.3) is 0 Å². The number of morpholine rings is 1. The first-order valence-corrected chi connectivity index (χ1v) is 8.47. The number of alkyl halides is 2. The van der Waals surface area contributed by atoms with Crippen molar-refractivity contribution in [1.29, 1.82) is 0 Å². The Morgan fingerprint density at radius 1 is 1.36 bits per heavy atom. The normalized spacial score (nSPS) is 15.5. The Morgan fingerprint density at radius 2 is 2.12 bits per heavy atom. The molecule has 2 N–H and O–H groups in total. The number of para-hydroxylation sites is 1. The lowest BCUT2D eigenvalue weighted by Crippen LogP contribution is -2.39. The van der Waals surface area contributed by atoms with Gasteiger partial charge in [-0.1, -0.05) is 12.1 Å². The molecule has 1 aromatic rings. The Balaban J connectivity index is 1.66. The van der Waals surface area contributed by atoms with Crippen LogP contribution in [0.5, 0.6) is 5.75 Å². The first-order chi connectivity index (χ1) is 12.1. The minimum atomic E-state index is -2.88. The standard InChI is InChI=1S/C16H22F2N4O2S/c17-15(18)24-14-5-2-1-4-13(14)12-20-21-16(25)19-6-3-7-22-8-10-23-11-9-22/h1-2,4-5,12,15H,3,6-11H2,(H2,19,21,25)/b20-12-. The van der Waals surface area contributed by atoms with Gasteiger partial charge in [0.2, 0.25) is 0 Å². The molecule has 1 aliphatic heterocycles. The van der Waals surface area contributed by atoms with Gasteiger partial charge in [-0.2, -0.15) is 13.9 Å². The number of hydrazone groups is 1. The Labute approximate surface area is 151 Å². The number of rotatable bonds is 8. The first-order valence-electron chi connectivity index (χ1n) is 8.06. The van der Waals surface area contributed by atoms with Gasteiger partial charge >= 0.3 is 6.61 Å². The maximum absolute atomic E-state index is 12.3. The number of benzene rings is 1. The summed E-state index contributed by atoms with van der Waals surface area (Å²) in [6, 6.07) is 6.41. The highest BCUT2D eigenvalue weighted by molar-refractivity contribution is 7.80. The van der Waals surface area contributed by atoms with E-state index in [-0.39, 0.29) is 5.75 Å². The van der Waals surface area contributed by atoms with Gasteiger partial charge in [-0.25, -0.2) is 0 Å². The minimum Gasteiger partial charge on any atom is -0.434 e. The van der Waals surface area contributed by atoms with Crippen LogP contribution in [-0.2, 0) is 4.74 Å². The van der Waals surface area contributed by atoms with Gasteiger partial charge in [0.1, 0.15) is 5.75 Å². The van der Waals surface area contributed by atoms with E-state index in [9.17, 15) is 8.78 Å². The first kappa shape index (κ1) is 19.5. The summed E-state index contributed by atoms with van der Waals surface area (Å²) in [4.78, 5) is 2.35. The zero-order chi connectivity index (χ0) is 17.9. The molecule has 0 radical (unpaired) electrons. The molecule has 1 heterocycles. The quantitative estimate of drug-likeness (QED) is 0.314. The summed E-state index contributed by atoms with van der Waals surface area (Å²) in [5.41, 5.74) is 3.10. The predicted octanol–water partition coefficient (Wildman–Crippen LogP) is 1.81. The van der Waals surface area contributed by atoms with E-state index >= 15 is 0 Å². The van der Waals surface area contributed by atoms with E-state index in [1.54, 1.807) is 18.2 Å². The van der Waals surface area contributed by atoms with Gasteiger partial charge in [0.05, 0.1) is 19.4 Å². The van der Waals surface area contributed by atoms with Gasteiger partial charge in [0.15, 0.2) is 5.11 Å². The molecule has 9 heteroatoms. The van der Waals surface area contributed by atoms with Gasteiger partial charge in [-0.15, -0.1) is 0 Å². The second kappa shape index (κ2) is 10.9. The lowest BCUT2D eigenvalue weighted by atomic mass is 10.2. The van der Waals surface area contributed by atoms with Crippen LogP contribution in [0.25, 0.3) is 0 Å². The van der Waals surface area contributed by atoms with Gasteiger partial charge < -0.3 is 14.8 Å². The van der Waals surface area contributed by atoms with Crippen molar-refractivity contribution in [2.24, 2.45) is 5.10 Å². The van der Waals surface area contributed by atoms with E-state index in [0.29, 0.717) is 10.7 Å². The molecule has 6 nitrogen and oxygen atoms in total. The van der Waals surface area contributed by atoms with Gasteiger partial charge in [0, 0.05) is 25.2 Å². The van der Waals surface area contributed by atoms with Crippen molar-refractivity contribution in [2.75, 3.05) is 39.4 Å². The van der Waals surface area contributed by atoms with Crippen molar-refractivity contribution in [3.63, 3.8) is 0 Å². The van der Waals surface area contributed by atoms with Crippen molar-refractivity contribution in [3.05, 3.63) is 29.8 Å². The van der Waals surface area contributed by atoms with Crippen molar-refractivity contribution in [3.8, 4) is 5.75 Å². The highest BCUT2D eigenvalue weighted by Crippen LogP contribution is 2.18. The van der Waals surface area contributed by atoms with Crippen LogP contribution >= 0.6 is 12.2 Å². The SMILES string of the molecule is FC(F)Oc1ccccc1/C=N\NC(=S)NCCCN1CCOCC1. The average molecular weight is 372 g/mol. The molecule has 1 aliphatic rings. The third-order valence-electron chi connectivity index (χ3n) is 3.55. The molecule has 0 bridgehead atoms. The molecule has 0 spiro atoms. The van der Waals surface area contributed by atoms with Crippen LogP contribution in [0.1, 0.15) is 12.0 Å². The van der Waals surface area contributed by atoms with E-state index in [1.165, 1.54) is 12.3 Å². The van der Waals surface area contributed by atoms with Crippen molar-refractivity contribution in [1.82, 2.24) is 15.6 Å². The van der Waals surface area contributed by atoms with Crippen molar-refractivity contribution < 1.29 is 18.3 Å². The topological polar surface area (TPSA) is 58.1 Å². The smallest absolute Gasteiger partial charge is 0.387 e. The Hall–Kier alpha value is -1.84. The lowest BCUT2D eigenvalue weighted by molar-refractivity contribution is -0.0499. The van der Waals surface area contributed by atoms with E-state index in [1.807, 2.05) is 0 Å². The lowest BCUT2D eigenvalue weighted by Gasteiger charge is -2.26. The predicted molar refractivity (Wildman–Crippen MR) is 96.3 cm³/mol. The van der Waals surface area contributed by atoms with Crippen LogP contribution in [0.15, 0.2) is 29.4 Å². The van der Waals surface area contributed by atoms with E-state index < -0.39 is 6.61 Å². The molecule has 0 saturated carbocycles. The molecule has 1 aromatic carbocycles. The molecule has 2 rings (SSSR count). The second-order valence-corrected chi connectivity index (χ2v) is 5.76. The summed E-state index contributed by atoms with van der Waals surface area (Å²) in [6.07, 6.45) is 2.34. The number of halogens is 2. The average Bonchev–Trinajstić information content (AvgIpc) is 2.61. The molecular weight excluding hydrogens is 350 g/mol. The zero-order valence-electron chi connectivity index (χ0n) is 13.8. The van der Waals surface area contributed by atoms with E-state index in [4.69, 9.17) is 17.0 Å². The summed E-state index contributed by atoms with van der Waals surface area (Å²) in [5, 5.41) is 7.38. The van der Waals surface area contributed by atoms with E-state index in [2.05, 4.69) is 25.5 Å². The third kappa shape index (κ3) is 7.72. The second-order valence-electron chi connectivity index (χ2n) is 5.35. The Kier molecular flexibility index (Phi) is 8.50. The molecular formula is C16H22F2N4O2S. The zero-order valence-corrected chi connectivity index (χ0v) is 14.6. The number of ether oxygens (including phenoxy) is 2. The molecule has 25 heavy (non-hydrogen) atoms. The van der Waals surface area contributed by atoms with Crippen LogP contribution in [0, 0.1) is 0 Å². The molecule has 0 unspecified atom stereocenters. The monoisotopic (exact) mass is 372 g/mol. The van der Waals surface area contributed by atoms with Crippen LogP contribution < -0.4 is 15.5 Å². The van der Waals surface area contributed by atoms with Crippen LogP contribution in [0.3, 0.4) is 0 Å². The van der Waals surface area contributed by atoms with Crippen LogP contribution in [0.2, 0.25) is 0 Å². The van der Waals surface area contributed by atoms with E-state index in [0.717, 1.165) is 45.8 Å². The molecule has 0 aliphatic carbocycles. The summed E-state index contributed by atoms with van der Waals surface area (Å²) in [6.45, 7) is 2.35. The van der Waals surface area contributed by atoms with Gasteiger partial charge in [-0.3, -0.25) is 10.3 Å². The van der Waals surface area contributed by atoms with Crippen molar-refractivity contribution in [2.45, 2.75) is 13.0 Å². The maximum atomic E-state index is 12.3. The molecule has 0 amide bonds. The number of nitrogens with zero attached hydrogens (tertiary/aromatic N) is 2. The number of nitrogens with one attached hydrogen (secondary N) is 2.